The van der Waals surface area contributed by atoms with Crippen LogP contribution in [0.2, 0.25) is 0 Å². The Hall–Kier alpha value is -1.39. The van der Waals surface area contributed by atoms with Gasteiger partial charge < -0.3 is 5.11 Å². The molecular weight excluding hydrogens is 276 g/mol. The average molecular weight is 296 g/mol. The summed E-state index contributed by atoms with van der Waals surface area (Å²) in [6.45, 7) is 2.51. The van der Waals surface area contributed by atoms with Crippen molar-refractivity contribution in [2.75, 3.05) is 13.2 Å². The van der Waals surface area contributed by atoms with E-state index in [1.807, 2.05) is 31.2 Å². The molecule has 20 heavy (non-hydrogen) atoms. The molecule has 0 aliphatic heterocycles. The number of hydrogen-bond donors (Lipinski definition) is 3. The van der Waals surface area contributed by atoms with Crippen LogP contribution >= 0.6 is 0 Å². The van der Waals surface area contributed by atoms with E-state index in [2.05, 4.69) is 21.3 Å². The van der Waals surface area contributed by atoms with Crippen molar-refractivity contribution in [3.8, 4) is 11.8 Å². The molecule has 5 nitrogen and oxygen atoms in total. The number of benzene rings is 1. The van der Waals surface area contributed by atoms with Gasteiger partial charge in [-0.05, 0) is 18.1 Å². The van der Waals surface area contributed by atoms with Gasteiger partial charge in [0.15, 0.2) is 0 Å². The first-order valence-electron chi connectivity index (χ1n) is 6.51. The molecule has 0 spiro atoms. The molecular formula is C14H20N2O3S. The van der Waals surface area contributed by atoms with Crippen LogP contribution < -0.4 is 9.44 Å². The lowest BCUT2D eigenvalue weighted by Gasteiger charge is -2.08. The van der Waals surface area contributed by atoms with Crippen molar-refractivity contribution in [1.29, 1.82) is 0 Å². The minimum absolute atomic E-state index is 0.0166. The smallest absolute Gasteiger partial charge is 0.277 e. The molecule has 0 heterocycles. The topological polar surface area (TPSA) is 78.4 Å². The summed E-state index contributed by atoms with van der Waals surface area (Å²) < 4.78 is 28.2. The third-order valence-corrected chi connectivity index (χ3v) is 3.58. The summed E-state index contributed by atoms with van der Waals surface area (Å²) >= 11 is 0. The van der Waals surface area contributed by atoms with E-state index in [1.54, 1.807) is 0 Å². The van der Waals surface area contributed by atoms with Gasteiger partial charge in [0.2, 0.25) is 0 Å². The molecule has 0 fully saturated rings. The zero-order valence-corrected chi connectivity index (χ0v) is 12.3. The van der Waals surface area contributed by atoms with Gasteiger partial charge in [-0.25, -0.2) is 4.72 Å². The van der Waals surface area contributed by atoms with Crippen molar-refractivity contribution in [2.24, 2.45) is 0 Å². The van der Waals surface area contributed by atoms with Crippen molar-refractivity contribution in [3.05, 3.63) is 35.4 Å². The molecule has 1 aromatic rings. The molecule has 3 N–H and O–H groups in total. The van der Waals surface area contributed by atoms with Crippen molar-refractivity contribution >= 4 is 10.2 Å². The molecule has 0 saturated heterocycles. The second-order valence-electron chi connectivity index (χ2n) is 4.15. The molecule has 0 atom stereocenters. The zero-order chi connectivity index (χ0) is 14.8. The molecule has 1 rings (SSSR count). The molecule has 0 unspecified atom stereocenters. The van der Waals surface area contributed by atoms with Gasteiger partial charge >= 0.3 is 0 Å². The lowest BCUT2D eigenvalue weighted by Crippen LogP contribution is -2.36. The van der Waals surface area contributed by atoms with E-state index in [9.17, 15) is 8.42 Å². The van der Waals surface area contributed by atoms with Gasteiger partial charge in [-0.15, -0.1) is 0 Å². The van der Waals surface area contributed by atoms with Crippen LogP contribution in [0.4, 0.5) is 0 Å². The number of aliphatic hydroxyl groups excluding tert-OH is 1. The van der Waals surface area contributed by atoms with E-state index in [4.69, 9.17) is 5.11 Å². The molecule has 0 saturated carbocycles. The van der Waals surface area contributed by atoms with E-state index in [0.717, 1.165) is 17.5 Å². The Morgan fingerprint density at radius 3 is 2.70 bits per heavy atom. The number of hydrogen-bond acceptors (Lipinski definition) is 3. The molecule has 0 aliphatic carbocycles. The highest BCUT2D eigenvalue weighted by molar-refractivity contribution is 7.87. The lowest BCUT2D eigenvalue weighted by atomic mass is 10.1. The average Bonchev–Trinajstić information content (AvgIpc) is 2.44. The fourth-order valence-electron chi connectivity index (χ4n) is 1.47. The highest BCUT2D eigenvalue weighted by Gasteiger charge is 2.08. The quantitative estimate of drug-likeness (QED) is 0.650. The SMILES string of the molecule is CCCNS(=O)(=O)NCc1ccccc1C#CCCO. The summed E-state index contributed by atoms with van der Waals surface area (Å²) in [4.78, 5) is 0. The number of rotatable bonds is 7. The van der Waals surface area contributed by atoms with E-state index in [1.165, 1.54) is 0 Å². The molecule has 0 radical (unpaired) electrons. The third-order valence-electron chi connectivity index (χ3n) is 2.47. The van der Waals surface area contributed by atoms with Gasteiger partial charge in [-0.2, -0.15) is 13.1 Å². The summed E-state index contributed by atoms with van der Waals surface area (Å²) in [7, 11) is -3.47. The summed E-state index contributed by atoms with van der Waals surface area (Å²) in [5.74, 6) is 5.76. The standard InChI is InChI=1S/C14H20N2O3S/c1-2-10-15-20(18,19)16-12-14-9-4-3-7-13(14)8-5-6-11-17/h3-4,7,9,15-17H,2,6,10-12H2,1H3. The van der Waals surface area contributed by atoms with Crippen LogP contribution in [0, 0.1) is 11.8 Å². The monoisotopic (exact) mass is 296 g/mol. The highest BCUT2D eigenvalue weighted by atomic mass is 32.2. The van der Waals surface area contributed by atoms with E-state index < -0.39 is 10.2 Å². The second-order valence-corrected chi connectivity index (χ2v) is 5.74. The number of aliphatic hydroxyl groups is 1. The molecule has 0 aliphatic rings. The Labute approximate surface area is 120 Å². The van der Waals surface area contributed by atoms with Gasteiger partial charge in [0.25, 0.3) is 10.2 Å². The third kappa shape index (κ3) is 6.17. The van der Waals surface area contributed by atoms with Crippen LogP contribution in [0.1, 0.15) is 30.9 Å². The van der Waals surface area contributed by atoms with Crippen molar-refractivity contribution in [2.45, 2.75) is 26.3 Å². The summed E-state index contributed by atoms with van der Waals surface area (Å²) in [6, 6.07) is 7.33. The minimum atomic E-state index is -3.47. The Bertz CT molecular complexity index is 574. The second kappa shape index (κ2) is 8.72. The highest BCUT2D eigenvalue weighted by Crippen LogP contribution is 2.07. The normalized spacial score (nSPS) is 10.9. The van der Waals surface area contributed by atoms with Crippen LogP contribution in [-0.4, -0.2) is 26.7 Å². The first kappa shape index (κ1) is 16.7. The molecule has 110 valence electrons. The van der Waals surface area contributed by atoms with Gasteiger partial charge in [-0.3, -0.25) is 0 Å². The molecule has 1 aromatic carbocycles. The minimum Gasteiger partial charge on any atom is -0.395 e. The Kier molecular flexibility index (Phi) is 7.26. The van der Waals surface area contributed by atoms with Crippen LogP contribution in [0.15, 0.2) is 24.3 Å². The largest absolute Gasteiger partial charge is 0.395 e. The molecule has 0 amide bonds. The fraction of sp³-hybridized carbons (Fsp3) is 0.429. The van der Waals surface area contributed by atoms with Crippen molar-refractivity contribution in [1.82, 2.24) is 9.44 Å². The molecule has 0 aromatic heterocycles. The van der Waals surface area contributed by atoms with Crippen LogP contribution in [0.3, 0.4) is 0 Å². The van der Waals surface area contributed by atoms with Crippen LogP contribution in [-0.2, 0) is 16.8 Å². The molecule has 6 heteroatoms. The van der Waals surface area contributed by atoms with Crippen molar-refractivity contribution in [3.63, 3.8) is 0 Å². The maximum Gasteiger partial charge on any atom is 0.277 e. The predicted molar refractivity (Wildman–Crippen MR) is 79.1 cm³/mol. The summed E-state index contributed by atoms with van der Waals surface area (Å²) in [5, 5.41) is 8.70. The lowest BCUT2D eigenvalue weighted by molar-refractivity contribution is 0.305. The maximum atomic E-state index is 11.6. The van der Waals surface area contributed by atoms with Gasteiger partial charge in [0.05, 0.1) is 6.61 Å². The van der Waals surface area contributed by atoms with Crippen LogP contribution in [0.25, 0.3) is 0 Å². The Morgan fingerprint density at radius 1 is 1.25 bits per heavy atom. The first-order valence-corrected chi connectivity index (χ1v) is 7.99. The zero-order valence-electron chi connectivity index (χ0n) is 11.5. The van der Waals surface area contributed by atoms with E-state index in [-0.39, 0.29) is 13.2 Å². The molecule has 0 bridgehead atoms. The van der Waals surface area contributed by atoms with Gasteiger partial charge in [0, 0.05) is 25.1 Å². The fourth-order valence-corrected chi connectivity index (χ4v) is 2.39. The van der Waals surface area contributed by atoms with Crippen molar-refractivity contribution < 1.29 is 13.5 Å². The Morgan fingerprint density at radius 2 is 2.00 bits per heavy atom. The Balaban J connectivity index is 2.71. The van der Waals surface area contributed by atoms with E-state index >= 15 is 0 Å². The van der Waals surface area contributed by atoms with E-state index in [0.29, 0.717) is 13.0 Å². The maximum absolute atomic E-state index is 11.6. The first-order chi connectivity index (χ1) is 9.59. The van der Waals surface area contributed by atoms with Gasteiger partial charge in [-0.1, -0.05) is 37.0 Å². The summed E-state index contributed by atoms with van der Waals surface area (Å²) in [6.07, 6.45) is 1.14. The van der Waals surface area contributed by atoms with Gasteiger partial charge in [0.1, 0.15) is 0 Å². The predicted octanol–water partition coefficient (Wildman–Crippen LogP) is 0.755. The number of nitrogens with one attached hydrogen (secondary N) is 2. The summed E-state index contributed by atoms with van der Waals surface area (Å²) in [5.41, 5.74) is 1.57. The van der Waals surface area contributed by atoms with Crippen LogP contribution in [0.5, 0.6) is 0 Å².